The van der Waals surface area contributed by atoms with E-state index in [1.807, 2.05) is 30.3 Å². The highest BCUT2D eigenvalue weighted by molar-refractivity contribution is 5.20. The van der Waals surface area contributed by atoms with Crippen molar-refractivity contribution in [3.05, 3.63) is 37.3 Å². The maximum absolute atomic E-state index is 5.54. The molecule has 0 fully saturated rings. The van der Waals surface area contributed by atoms with Gasteiger partial charge >= 0.3 is 0 Å². The van der Waals surface area contributed by atoms with Crippen LogP contribution < -0.4 is 4.74 Å². The summed E-state index contributed by atoms with van der Waals surface area (Å²) >= 11 is 0. The third-order valence-corrected chi connectivity index (χ3v) is 1.98. The van der Waals surface area contributed by atoms with E-state index in [1.54, 1.807) is 0 Å². The lowest BCUT2D eigenvalue weighted by molar-refractivity contribution is 0.130. The molecule has 2 nitrogen and oxygen atoms in total. The molecule has 1 aromatic rings. The Morgan fingerprint density at radius 1 is 0.933 bits per heavy atom. The first-order valence-corrected chi connectivity index (χ1v) is 5.48. The zero-order chi connectivity index (χ0) is 10.8. The van der Waals surface area contributed by atoms with Crippen LogP contribution in [0.25, 0.3) is 0 Å². The molecule has 0 heterocycles. The minimum absolute atomic E-state index is 0.762. The van der Waals surface area contributed by atoms with E-state index in [0.717, 1.165) is 44.8 Å². The molecule has 0 saturated heterocycles. The van der Waals surface area contributed by atoms with Gasteiger partial charge in [0.1, 0.15) is 5.75 Å². The maximum atomic E-state index is 5.54. The molecule has 1 rings (SSSR count). The monoisotopic (exact) mass is 207 g/mol. The second kappa shape index (κ2) is 8.30. The number of hydrogen-bond acceptors (Lipinski definition) is 2. The van der Waals surface area contributed by atoms with Gasteiger partial charge in [0.2, 0.25) is 0 Å². The van der Waals surface area contributed by atoms with E-state index in [9.17, 15) is 0 Å². The van der Waals surface area contributed by atoms with E-state index in [1.165, 1.54) is 0 Å². The van der Waals surface area contributed by atoms with Crippen LogP contribution in [0.15, 0.2) is 30.3 Å². The smallest absolute Gasteiger partial charge is 0.119 e. The Balaban J connectivity index is 1.93. The van der Waals surface area contributed by atoms with Gasteiger partial charge in [-0.1, -0.05) is 25.1 Å². The minimum atomic E-state index is 0.762. The molecule has 0 aliphatic heterocycles. The Hall–Kier alpha value is -1.02. The first-order valence-electron chi connectivity index (χ1n) is 5.48. The second-order valence-corrected chi connectivity index (χ2v) is 3.33. The molecule has 1 radical (unpaired) electrons. The molecule has 0 aliphatic rings. The Morgan fingerprint density at radius 2 is 1.67 bits per heavy atom. The molecule has 2 heteroatoms. The average molecular weight is 207 g/mol. The first-order chi connectivity index (χ1) is 7.43. The predicted octanol–water partition coefficient (Wildman–Crippen LogP) is 3.09. The molecule has 0 atom stereocenters. The molecule has 0 amide bonds. The quantitative estimate of drug-likeness (QED) is 0.610. The second-order valence-electron chi connectivity index (χ2n) is 3.33. The van der Waals surface area contributed by atoms with Crippen molar-refractivity contribution in [3.8, 4) is 5.75 Å². The van der Waals surface area contributed by atoms with Crippen molar-refractivity contribution in [1.29, 1.82) is 0 Å². The average Bonchev–Trinajstić information content (AvgIpc) is 2.29. The van der Waals surface area contributed by atoms with E-state index in [0.29, 0.717) is 0 Å². The highest BCUT2D eigenvalue weighted by Gasteiger charge is 1.92. The number of rotatable bonds is 8. The SMILES string of the molecule is [CH2]CCOCCCCOc1ccccc1. The fraction of sp³-hybridized carbons (Fsp3) is 0.462. The highest BCUT2D eigenvalue weighted by Crippen LogP contribution is 2.08. The van der Waals surface area contributed by atoms with Gasteiger partial charge in [0, 0.05) is 13.2 Å². The van der Waals surface area contributed by atoms with E-state index >= 15 is 0 Å². The lowest BCUT2D eigenvalue weighted by atomic mass is 10.3. The summed E-state index contributed by atoms with van der Waals surface area (Å²) in [5.41, 5.74) is 0. The predicted molar refractivity (Wildman–Crippen MR) is 62.0 cm³/mol. The first kappa shape index (κ1) is 12.1. The Kier molecular flexibility index (Phi) is 6.67. The molecule has 0 saturated carbocycles. The molecule has 0 spiro atoms. The summed E-state index contributed by atoms with van der Waals surface area (Å²) in [5.74, 6) is 0.941. The van der Waals surface area contributed by atoms with Crippen LogP contribution in [-0.4, -0.2) is 19.8 Å². The van der Waals surface area contributed by atoms with E-state index in [2.05, 4.69) is 6.92 Å². The Labute approximate surface area is 92.2 Å². The van der Waals surface area contributed by atoms with E-state index < -0.39 is 0 Å². The topological polar surface area (TPSA) is 18.5 Å². The van der Waals surface area contributed by atoms with E-state index in [-0.39, 0.29) is 0 Å². The van der Waals surface area contributed by atoms with Crippen molar-refractivity contribution in [3.63, 3.8) is 0 Å². The highest BCUT2D eigenvalue weighted by atomic mass is 16.5. The standard InChI is InChI=1S/C13H19O2/c1-2-10-14-11-6-7-12-15-13-8-4-3-5-9-13/h3-5,8-9H,1-2,6-7,10-12H2. The van der Waals surface area contributed by atoms with Gasteiger partial charge in [-0.15, -0.1) is 0 Å². The largest absolute Gasteiger partial charge is 0.494 e. The molecule has 1 aromatic carbocycles. The van der Waals surface area contributed by atoms with Crippen LogP contribution in [0.5, 0.6) is 5.75 Å². The summed E-state index contributed by atoms with van der Waals surface area (Å²) in [6.07, 6.45) is 2.93. The molecule has 83 valence electrons. The summed E-state index contributed by atoms with van der Waals surface area (Å²) in [5, 5.41) is 0. The van der Waals surface area contributed by atoms with Crippen molar-refractivity contribution in [2.75, 3.05) is 19.8 Å². The van der Waals surface area contributed by atoms with Crippen molar-refractivity contribution < 1.29 is 9.47 Å². The van der Waals surface area contributed by atoms with Gasteiger partial charge in [0.05, 0.1) is 6.61 Å². The van der Waals surface area contributed by atoms with Crippen LogP contribution in [0.1, 0.15) is 19.3 Å². The fourth-order valence-corrected chi connectivity index (χ4v) is 1.22. The van der Waals surface area contributed by atoms with Crippen LogP contribution in [0, 0.1) is 6.92 Å². The fourth-order valence-electron chi connectivity index (χ4n) is 1.22. The normalized spacial score (nSPS) is 10.2. The van der Waals surface area contributed by atoms with Gasteiger partial charge in [-0.3, -0.25) is 0 Å². The van der Waals surface area contributed by atoms with Gasteiger partial charge in [-0.2, -0.15) is 0 Å². The van der Waals surface area contributed by atoms with Crippen LogP contribution in [-0.2, 0) is 4.74 Å². The molecule has 0 unspecified atom stereocenters. The summed E-state index contributed by atoms with van der Waals surface area (Å²) < 4.78 is 10.9. The summed E-state index contributed by atoms with van der Waals surface area (Å²) in [6, 6.07) is 9.89. The van der Waals surface area contributed by atoms with Gasteiger partial charge in [-0.25, -0.2) is 0 Å². The molecule has 15 heavy (non-hydrogen) atoms. The Morgan fingerprint density at radius 3 is 2.40 bits per heavy atom. The molecular weight excluding hydrogens is 188 g/mol. The van der Waals surface area contributed by atoms with Gasteiger partial charge in [0.15, 0.2) is 0 Å². The van der Waals surface area contributed by atoms with Crippen LogP contribution in [0.4, 0.5) is 0 Å². The molecule has 0 aliphatic carbocycles. The van der Waals surface area contributed by atoms with Crippen molar-refractivity contribution in [2.45, 2.75) is 19.3 Å². The Bertz CT molecular complexity index is 234. The van der Waals surface area contributed by atoms with Crippen molar-refractivity contribution >= 4 is 0 Å². The maximum Gasteiger partial charge on any atom is 0.119 e. The van der Waals surface area contributed by atoms with Crippen LogP contribution in [0.2, 0.25) is 0 Å². The molecule has 0 bridgehead atoms. The number of hydrogen-bond donors (Lipinski definition) is 0. The minimum Gasteiger partial charge on any atom is -0.494 e. The van der Waals surface area contributed by atoms with Gasteiger partial charge in [0.25, 0.3) is 0 Å². The zero-order valence-electron chi connectivity index (χ0n) is 9.15. The number of ether oxygens (including phenoxy) is 2. The molecule has 0 N–H and O–H groups in total. The molecular formula is C13H19O2. The number of benzene rings is 1. The summed E-state index contributed by atoms with van der Waals surface area (Å²) in [4.78, 5) is 0. The molecule has 0 aromatic heterocycles. The summed E-state index contributed by atoms with van der Waals surface area (Å²) in [6.45, 7) is 6.05. The van der Waals surface area contributed by atoms with Gasteiger partial charge < -0.3 is 9.47 Å². The zero-order valence-corrected chi connectivity index (χ0v) is 9.15. The van der Waals surface area contributed by atoms with Crippen molar-refractivity contribution in [1.82, 2.24) is 0 Å². The van der Waals surface area contributed by atoms with Crippen LogP contribution in [0.3, 0.4) is 0 Å². The third-order valence-electron chi connectivity index (χ3n) is 1.98. The van der Waals surface area contributed by atoms with Crippen LogP contribution >= 0.6 is 0 Å². The third kappa shape index (κ3) is 6.13. The number of para-hydroxylation sites is 1. The summed E-state index contributed by atoms with van der Waals surface area (Å²) in [7, 11) is 0. The lowest BCUT2D eigenvalue weighted by Gasteiger charge is -2.05. The lowest BCUT2D eigenvalue weighted by Crippen LogP contribution is -2.01. The van der Waals surface area contributed by atoms with Crippen molar-refractivity contribution in [2.24, 2.45) is 0 Å². The number of unbranched alkanes of at least 4 members (excludes halogenated alkanes) is 1. The van der Waals surface area contributed by atoms with Gasteiger partial charge in [-0.05, 0) is 31.4 Å². The van der Waals surface area contributed by atoms with E-state index in [4.69, 9.17) is 9.47 Å².